The van der Waals surface area contributed by atoms with Crippen molar-refractivity contribution in [2.24, 2.45) is 0 Å². The molecule has 0 spiro atoms. The van der Waals surface area contributed by atoms with Crippen LogP contribution in [0.3, 0.4) is 0 Å². The van der Waals surface area contributed by atoms with E-state index in [1.165, 1.54) is 7.11 Å². The van der Waals surface area contributed by atoms with Gasteiger partial charge in [0.2, 0.25) is 0 Å². The fraction of sp³-hybridized carbons (Fsp3) is 0.385. The standard InChI is InChI=1S/C13H17ClN2O4/c1-9-3-4-11(10(14)7-9)15-13(19)16(5-6-20-2)8-12(17)18/h3-4,7H,5-6,8H2,1-2H3,(H,15,19)(H,17,18). The third-order valence-corrected chi connectivity index (χ3v) is 2.86. The Kier molecular flexibility index (Phi) is 6.27. The van der Waals surface area contributed by atoms with Crippen LogP contribution in [0.25, 0.3) is 0 Å². The van der Waals surface area contributed by atoms with Crippen molar-refractivity contribution in [3.8, 4) is 0 Å². The van der Waals surface area contributed by atoms with Gasteiger partial charge >= 0.3 is 12.0 Å². The molecule has 0 saturated carbocycles. The molecule has 0 aliphatic carbocycles. The van der Waals surface area contributed by atoms with Crippen molar-refractivity contribution in [3.63, 3.8) is 0 Å². The molecule has 2 N–H and O–H groups in total. The van der Waals surface area contributed by atoms with Gasteiger partial charge in [0.25, 0.3) is 0 Å². The second kappa shape index (κ2) is 7.72. The number of methoxy groups -OCH3 is 1. The Morgan fingerprint density at radius 1 is 1.45 bits per heavy atom. The van der Waals surface area contributed by atoms with Crippen molar-refractivity contribution in [1.29, 1.82) is 0 Å². The van der Waals surface area contributed by atoms with Crippen LogP contribution in [-0.2, 0) is 9.53 Å². The van der Waals surface area contributed by atoms with Crippen molar-refractivity contribution >= 4 is 29.3 Å². The van der Waals surface area contributed by atoms with E-state index in [-0.39, 0.29) is 13.2 Å². The van der Waals surface area contributed by atoms with Crippen LogP contribution in [0.2, 0.25) is 5.02 Å². The predicted octanol–water partition coefficient (Wildman–Crippen LogP) is 2.21. The molecule has 0 saturated heterocycles. The van der Waals surface area contributed by atoms with Gasteiger partial charge in [0.15, 0.2) is 0 Å². The summed E-state index contributed by atoms with van der Waals surface area (Å²) in [7, 11) is 1.48. The summed E-state index contributed by atoms with van der Waals surface area (Å²) in [5, 5.41) is 11.8. The fourth-order valence-corrected chi connectivity index (χ4v) is 1.82. The molecule has 1 aromatic carbocycles. The van der Waals surface area contributed by atoms with Crippen molar-refractivity contribution in [1.82, 2.24) is 4.90 Å². The summed E-state index contributed by atoms with van der Waals surface area (Å²) < 4.78 is 4.85. The second-order valence-electron chi connectivity index (χ2n) is 4.22. The van der Waals surface area contributed by atoms with E-state index in [1.54, 1.807) is 18.2 Å². The lowest BCUT2D eigenvalue weighted by atomic mass is 10.2. The number of hydrogen-bond acceptors (Lipinski definition) is 3. The van der Waals surface area contributed by atoms with Crippen LogP contribution in [0.5, 0.6) is 0 Å². The number of carbonyl (C=O) groups is 2. The number of carboxylic acid groups (broad SMARTS) is 1. The zero-order valence-electron chi connectivity index (χ0n) is 11.4. The number of urea groups is 1. The Labute approximate surface area is 122 Å². The zero-order chi connectivity index (χ0) is 15.1. The number of carbonyl (C=O) groups excluding carboxylic acids is 1. The van der Waals surface area contributed by atoms with Gasteiger partial charge in [-0.2, -0.15) is 0 Å². The molecule has 0 heterocycles. The molecule has 20 heavy (non-hydrogen) atoms. The molecule has 0 aliphatic heterocycles. The largest absolute Gasteiger partial charge is 0.480 e. The Balaban J connectivity index is 2.76. The highest BCUT2D eigenvalue weighted by atomic mass is 35.5. The molecular weight excluding hydrogens is 284 g/mol. The van der Waals surface area contributed by atoms with Crippen LogP contribution in [0.4, 0.5) is 10.5 Å². The van der Waals surface area contributed by atoms with Gasteiger partial charge in [0.1, 0.15) is 6.54 Å². The molecule has 0 bridgehead atoms. The van der Waals surface area contributed by atoms with Crippen LogP contribution < -0.4 is 5.32 Å². The smallest absolute Gasteiger partial charge is 0.323 e. The van der Waals surface area contributed by atoms with Crippen molar-refractivity contribution < 1.29 is 19.4 Å². The minimum Gasteiger partial charge on any atom is -0.480 e. The van der Waals surface area contributed by atoms with Crippen molar-refractivity contribution in [2.45, 2.75) is 6.92 Å². The lowest BCUT2D eigenvalue weighted by molar-refractivity contribution is -0.137. The summed E-state index contributed by atoms with van der Waals surface area (Å²) in [5.41, 5.74) is 1.41. The summed E-state index contributed by atoms with van der Waals surface area (Å²) in [6, 6.07) is 4.66. The van der Waals surface area contributed by atoms with E-state index < -0.39 is 18.5 Å². The summed E-state index contributed by atoms with van der Waals surface area (Å²) in [6.07, 6.45) is 0. The van der Waals surface area contributed by atoms with Gasteiger partial charge < -0.3 is 20.1 Å². The maximum atomic E-state index is 12.0. The first-order chi connectivity index (χ1) is 9.43. The van der Waals surface area contributed by atoms with Crippen LogP contribution in [0.15, 0.2) is 18.2 Å². The number of carboxylic acids is 1. The molecule has 0 fully saturated rings. The Morgan fingerprint density at radius 3 is 2.70 bits per heavy atom. The Hall–Kier alpha value is -1.79. The average molecular weight is 301 g/mol. The fourth-order valence-electron chi connectivity index (χ4n) is 1.53. The van der Waals surface area contributed by atoms with Crippen LogP contribution >= 0.6 is 11.6 Å². The maximum absolute atomic E-state index is 12.0. The summed E-state index contributed by atoms with van der Waals surface area (Å²) in [5.74, 6) is -1.09. The quantitative estimate of drug-likeness (QED) is 0.844. The number of hydrogen-bond donors (Lipinski definition) is 2. The van der Waals surface area contributed by atoms with Crippen molar-refractivity contribution in [3.05, 3.63) is 28.8 Å². The molecule has 0 atom stereocenters. The summed E-state index contributed by atoms with van der Waals surface area (Å²) in [4.78, 5) is 23.9. The third kappa shape index (κ3) is 5.07. The highest BCUT2D eigenvalue weighted by molar-refractivity contribution is 6.33. The van der Waals surface area contributed by atoms with E-state index in [2.05, 4.69) is 5.32 Å². The molecule has 0 aromatic heterocycles. The monoisotopic (exact) mass is 300 g/mol. The molecule has 1 rings (SSSR count). The van der Waals surface area contributed by atoms with Crippen LogP contribution in [0.1, 0.15) is 5.56 Å². The van der Waals surface area contributed by atoms with Crippen LogP contribution in [-0.4, -0.2) is 48.8 Å². The normalized spacial score (nSPS) is 10.2. The third-order valence-electron chi connectivity index (χ3n) is 2.54. The number of nitrogens with zero attached hydrogens (tertiary/aromatic N) is 1. The lowest BCUT2D eigenvalue weighted by Gasteiger charge is -2.21. The molecular formula is C13H17ClN2O4. The van der Waals surface area contributed by atoms with E-state index in [9.17, 15) is 9.59 Å². The first-order valence-corrected chi connectivity index (χ1v) is 6.34. The molecule has 0 unspecified atom stereocenters. The number of ether oxygens (including phenoxy) is 1. The van der Waals surface area contributed by atoms with Gasteiger partial charge in [-0.3, -0.25) is 4.79 Å². The first-order valence-electron chi connectivity index (χ1n) is 5.97. The number of anilines is 1. The number of aliphatic carboxylic acids is 1. The van der Waals surface area contributed by atoms with Gasteiger partial charge in [-0.1, -0.05) is 17.7 Å². The maximum Gasteiger partial charge on any atom is 0.323 e. The number of amides is 2. The van der Waals surface area contributed by atoms with Crippen molar-refractivity contribution in [2.75, 3.05) is 32.1 Å². The van der Waals surface area contributed by atoms with Gasteiger partial charge in [-0.05, 0) is 24.6 Å². The van der Waals surface area contributed by atoms with Crippen LogP contribution in [0, 0.1) is 6.92 Å². The lowest BCUT2D eigenvalue weighted by Crippen LogP contribution is -2.40. The number of halogens is 1. The van der Waals surface area contributed by atoms with E-state index >= 15 is 0 Å². The number of benzene rings is 1. The minimum atomic E-state index is -1.09. The zero-order valence-corrected chi connectivity index (χ0v) is 12.1. The Bertz CT molecular complexity index is 493. The Morgan fingerprint density at radius 2 is 2.15 bits per heavy atom. The molecule has 7 heteroatoms. The van der Waals surface area contributed by atoms with Gasteiger partial charge in [0, 0.05) is 13.7 Å². The molecule has 110 valence electrons. The SMILES string of the molecule is COCCN(CC(=O)O)C(=O)Nc1ccc(C)cc1Cl. The molecule has 0 radical (unpaired) electrons. The minimum absolute atomic E-state index is 0.179. The predicted molar refractivity (Wildman–Crippen MR) is 76.3 cm³/mol. The van der Waals surface area contributed by atoms with E-state index in [1.807, 2.05) is 6.92 Å². The highest BCUT2D eigenvalue weighted by Crippen LogP contribution is 2.22. The summed E-state index contributed by atoms with van der Waals surface area (Å²) in [6.45, 7) is 1.91. The number of rotatable bonds is 6. The molecule has 1 aromatic rings. The second-order valence-corrected chi connectivity index (χ2v) is 4.63. The average Bonchev–Trinajstić information content (AvgIpc) is 2.37. The van der Waals surface area contributed by atoms with E-state index in [4.69, 9.17) is 21.4 Å². The molecule has 2 amide bonds. The number of nitrogens with one attached hydrogen (secondary N) is 1. The highest BCUT2D eigenvalue weighted by Gasteiger charge is 2.17. The van der Waals surface area contributed by atoms with Gasteiger partial charge in [0.05, 0.1) is 17.3 Å². The molecule has 6 nitrogen and oxygen atoms in total. The summed E-state index contributed by atoms with van der Waals surface area (Å²) >= 11 is 6.01. The molecule has 0 aliphatic rings. The topological polar surface area (TPSA) is 78.9 Å². The van der Waals surface area contributed by atoms with Gasteiger partial charge in [-0.25, -0.2) is 4.79 Å². The van der Waals surface area contributed by atoms with E-state index in [0.717, 1.165) is 10.5 Å². The first kappa shape index (κ1) is 16.3. The van der Waals surface area contributed by atoms with E-state index in [0.29, 0.717) is 10.7 Å². The van der Waals surface area contributed by atoms with Gasteiger partial charge in [-0.15, -0.1) is 0 Å². The number of aryl methyl sites for hydroxylation is 1.